The van der Waals surface area contributed by atoms with Crippen LogP contribution in [0.3, 0.4) is 0 Å². The van der Waals surface area contributed by atoms with Crippen LogP contribution in [0, 0.1) is 11.8 Å². The molecule has 0 aromatic heterocycles. The summed E-state index contributed by atoms with van der Waals surface area (Å²) in [6, 6.07) is 10.8. The molecule has 0 amide bonds. The standard InChI is InChI=1S/C15H19Br/c1-12-14(9-5-6-10-16)15(12)11-13-7-3-2-4-8-13/h2-4,7-8,14-15H,1,5-6,9-11H2/t14-,15-/m0/s1. The number of benzene rings is 1. The van der Waals surface area contributed by atoms with Gasteiger partial charge in [-0.05, 0) is 36.7 Å². The van der Waals surface area contributed by atoms with Crippen molar-refractivity contribution in [2.24, 2.45) is 11.8 Å². The van der Waals surface area contributed by atoms with Crippen LogP contribution in [0.15, 0.2) is 42.5 Å². The maximum absolute atomic E-state index is 4.19. The van der Waals surface area contributed by atoms with E-state index in [4.69, 9.17) is 0 Å². The zero-order valence-corrected chi connectivity index (χ0v) is 11.2. The van der Waals surface area contributed by atoms with Crippen LogP contribution in [0.25, 0.3) is 0 Å². The molecule has 0 spiro atoms. The van der Waals surface area contributed by atoms with Crippen LogP contribution in [0.2, 0.25) is 0 Å². The maximum Gasteiger partial charge on any atom is 0.00313 e. The zero-order valence-electron chi connectivity index (χ0n) is 9.66. The Morgan fingerprint density at radius 1 is 1.06 bits per heavy atom. The highest BCUT2D eigenvalue weighted by atomic mass is 79.9. The summed E-state index contributed by atoms with van der Waals surface area (Å²) in [6.45, 7) is 4.19. The first-order valence-electron chi connectivity index (χ1n) is 6.11. The third kappa shape index (κ3) is 2.98. The molecule has 0 N–H and O–H groups in total. The highest BCUT2D eigenvalue weighted by Crippen LogP contribution is 2.49. The monoisotopic (exact) mass is 278 g/mol. The number of hydrogen-bond acceptors (Lipinski definition) is 0. The van der Waals surface area contributed by atoms with Gasteiger partial charge in [0.2, 0.25) is 0 Å². The van der Waals surface area contributed by atoms with E-state index in [0.29, 0.717) is 0 Å². The minimum atomic E-state index is 0.762. The average molecular weight is 279 g/mol. The van der Waals surface area contributed by atoms with Crippen molar-refractivity contribution in [3.63, 3.8) is 0 Å². The van der Waals surface area contributed by atoms with Gasteiger partial charge in [-0.3, -0.25) is 0 Å². The van der Waals surface area contributed by atoms with Crippen LogP contribution in [0.1, 0.15) is 24.8 Å². The molecule has 1 aromatic rings. The molecule has 1 fully saturated rings. The molecule has 0 aliphatic heterocycles. The first-order valence-corrected chi connectivity index (χ1v) is 7.23. The Hall–Kier alpha value is -0.560. The molecule has 0 unspecified atom stereocenters. The Kier molecular flexibility index (Phi) is 4.22. The quantitative estimate of drug-likeness (QED) is 0.405. The van der Waals surface area contributed by atoms with Crippen molar-refractivity contribution in [1.29, 1.82) is 0 Å². The lowest BCUT2D eigenvalue weighted by Crippen LogP contribution is -1.90. The molecular weight excluding hydrogens is 260 g/mol. The Morgan fingerprint density at radius 2 is 1.81 bits per heavy atom. The van der Waals surface area contributed by atoms with Crippen molar-refractivity contribution in [2.75, 3.05) is 5.33 Å². The molecule has 16 heavy (non-hydrogen) atoms. The van der Waals surface area contributed by atoms with Crippen LogP contribution in [0.5, 0.6) is 0 Å². The van der Waals surface area contributed by atoms with E-state index in [9.17, 15) is 0 Å². The Labute approximate surface area is 107 Å². The van der Waals surface area contributed by atoms with Gasteiger partial charge in [-0.15, -0.1) is 0 Å². The summed E-state index contributed by atoms with van der Waals surface area (Å²) < 4.78 is 0. The molecule has 1 heteroatoms. The van der Waals surface area contributed by atoms with Crippen molar-refractivity contribution in [1.82, 2.24) is 0 Å². The van der Waals surface area contributed by atoms with E-state index in [-0.39, 0.29) is 0 Å². The topological polar surface area (TPSA) is 0 Å². The highest BCUT2D eigenvalue weighted by Gasteiger charge is 2.40. The van der Waals surface area contributed by atoms with Gasteiger partial charge in [-0.1, -0.05) is 64.8 Å². The van der Waals surface area contributed by atoms with Gasteiger partial charge < -0.3 is 0 Å². The second kappa shape index (κ2) is 5.67. The molecule has 1 aromatic carbocycles. The van der Waals surface area contributed by atoms with E-state index in [1.165, 1.54) is 36.8 Å². The number of hydrogen-bond donors (Lipinski definition) is 0. The van der Waals surface area contributed by atoms with Gasteiger partial charge in [-0.25, -0.2) is 0 Å². The molecule has 1 aliphatic rings. The van der Waals surface area contributed by atoms with Gasteiger partial charge in [-0.2, -0.15) is 0 Å². The summed E-state index contributed by atoms with van der Waals surface area (Å²) in [6.07, 6.45) is 5.16. The lowest BCUT2D eigenvalue weighted by atomic mass is 10.1. The van der Waals surface area contributed by atoms with Crippen molar-refractivity contribution in [2.45, 2.75) is 25.7 Å². The predicted molar refractivity (Wildman–Crippen MR) is 73.9 cm³/mol. The van der Waals surface area contributed by atoms with Crippen LogP contribution in [-0.4, -0.2) is 5.33 Å². The fraction of sp³-hybridized carbons (Fsp3) is 0.467. The second-order valence-corrected chi connectivity index (χ2v) is 5.46. The van der Waals surface area contributed by atoms with E-state index in [2.05, 4.69) is 52.8 Å². The molecule has 2 rings (SSSR count). The van der Waals surface area contributed by atoms with Crippen LogP contribution >= 0.6 is 15.9 Å². The molecule has 0 heterocycles. The Morgan fingerprint density at radius 3 is 2.50 bits per heavy atom. The van der Waals surface area contributed by atoms with Crippen LogP contribution in [-0.2, 0) is 6.42 Å². The first kappa shape index (κ1) is 11.9. The van der Waals surface area contributed by atoms with Gasteiger partial charge in [0.05, 0.1) is 0 Å². The molecule has 2 atom stereocenters. The highest BCUT2D eigenvalue weighted by molar-refractivity contribution is 9.09. The first-order chi connectivity index (χ1) is 7.83. The van der Waals surface area contributed by atoms with E-state index in [1.54, 1.807) is 0 Å². The smallest absolute Gasteiger partial charge is 0.00313 e. The number of alkyl halides is 1. The molecule has 0 radical (unpaired) electrons. The fourth-order valence-corrected chi connectivity index (χ4v) is 2.83. The van der Waals surface area contributed by atoms with Gasteiger partial charge in [0.1, 0.15) is 0 Å². The summed E-state index contributed by atoms with van der Waals surface area (Å²) in [5.41, 5.74) is 2.94. The summed E-state index contributed by atoms with van der Waals surface area (Å²) in [7, 11) is 0. The number of rotatable bonds is 6. The van der Waals surface area contributed by atoms with E-state index >= 15 is 0 Å². The Balaban J connectivity index is 1.78. The molecule has 0 saturated heterocycles. The van der Waals surface area contributed by atoms with Gasteiger partial charge in [0.15, 0.2) is 0 Å². The molecule has 1 aliphatic carbocycles. The van der Waals surface area contributed by atoms with Crippen molar-refractivity contribution in [3.8, 4) is 0 Å². The largest absolute Gasteiger partial charge is 0.0992 e. The molecular formula is C15H19Br. The average Bonchev–Trinajstić information content (AvgIpc) is 2.91. The molecule has 0 nitrogen and oxygen atoms in total. The normalized spacial score (nSPS) is 23.4. The lowest BCUT2D eigenvalue weighted by molar-refractivity contribution is 0.605. The number of halogens is 1. The minimum absolute atomic E-state index is 0.762. The maximum atomic E-state index is 4.19. The zero-order chi connectivity index (χ0) is 11.4. The lowest BCUT2D eigenvalue weighted by Gasteiger charge is -1.99. The Bertz CT molecular complexity index is 342. The van der Waals surface area contributed by atoms with Gasteiger partial charge in [0.25, 0.3) is 0 Å². The fourth-order valence-electron chi connectivity index (χ4n) is 2.43. The summed E-state index contributed by atoms with van der Waals surface area (Å²) in [4.78, 5) is 0. The number of allylic oxidation sites excluding steroid dienone is 1. The third-order valence-electron chi connectivity index (χ3n) is 3.53. The van der Waals surface area contributed by atoms with Gasteiger partial charge in [0, 0.05) is 5.33 Å². The molecule has 86 valence electrons. The third-order valence-corrected chi connectivity index (χ3v) is 4.09. The summed E-state index contributed by atoms with van der Waals surface area (Å²) in [5.74, 6) is 1.57. The van der Waals surface area contributed by atoms with E-state index < -0.39 is 0 Å². The molecule has 0 bridgehead atoms. The van der Waals surface area contributed by atoms with E-state index in [0.717, 1.165) is 17.2 Å². The SMILES string of the molecule is C=C1[C@H](CCCCBr)[C@H]1Cc1ccccc1. The van der Waals surface area contributed by atoms with Crippen molar-refractivity contribution >= 4 is 15.9 Å². The number of unbranched alkanes of at least 4 members (excludes halogenated alkanes) is 1. The second-order valence-electron chi connectivity index (χ2n) is 4.66. The summed E-state index contributed by atoms with van der Waals surface area (Å²) >= 11 is 3.48. The van der Waals surface area contributed by atoms with Crippen LogP contribution in [0.4, 0.5) is 0 Å². The summed E-state index contributed by atoms with van der Waals surface area (Å²) in [5, 5.41) is 1.13. The molecule has 1 saturated carbocycles. The van der Waals surface area contributed by atoms with Crippen molar-refractivity contribution in [3.05, 3.63) is 48.0 Å². The van der Waals surface area contributed by atoms with Crippen LogP contribution < -0.4 is 0 Å². The van der Waals surface area contributed by atoms with E-state index in [1.807, 2.05) is 0 Å². The van der Waals surface area contributed by atoms with Crippen molar-refractivity contribution < 1.29 is 0 Å². The predicted octanol–water partition coefficient (Wildman–Crippen LogP) is 4.60. The minimum Gasteiger partial charge on any atom is -0.0992 e. The van der Waals surface area contributed by atoms with Gasteiger partial charge >= 0.3 is 0 Å².